The number of nitrogens with one attached hydrogen (secondary N) is 1. The summed E-state index contributed by atoms with van der Waals surface area (Å²) in [7, 11) is 0. The highest BCUT2D eigenvalue weighted by Crippen LogP contribution is 2.14. The summed E-state index contributed by atoms with van der Waals surface area (Å²) in [6, 6.07) is 10.7. The minimum absolute atomic E-state index is 0.197. The second-order valence-electron chi connectivity index (χ2n) is 4.22. The molecule has 0 atom stereocenters. The third kappa shape index (κ3) is 4.75. The molecule has 2 aromatic rings. The molecule has 21 heavy (non-hydrogen) atoms. The zero-order valence-electron chi connectivity index (χ0n) is 11.5. The number of furan rings is 1. The first-order chi connectivity index (χ1) is 10.2. The average Bonchev–Trinajstić information content (AvgIpc) is 2.93. The number of carbonyl (C=O) groups excluding carboxylic acids is 1. The summed E-state index contributed by atoms with van der Waals surface area (Å²) in [5, 5.41) is 3.88. The molecule has 0 unspecified atom stereocenters. The van der Waals surface area contributed by atoms with E-state index in [-0.39, 0.29) is 5.76 Å². The fourth-order valence-electron chi connectivity index (χ4n) is 1.53. The molecule has 0 bridgehead atoms. The quantitative estimate of drug-likeness (QED) is 0.639. The lowest BCUT2D eigenvalue weighted by Gasteiger charge is -2.03. The van der Waals surface area contributed by atoms with Gasteiger partial charge in [-0.1, -0.05) is 6.92 Å². The van der Waals surface area contributed by atoms with Crippen LogP contribution in [0.5, 0.6) is 5.75 Å². The largest absolute Gasteiger partial charge is 0.494 e. The van der Waals surface area contributed by atoms with Crippen LogP contribution in [0.1, 0.15) is 29.5 Å². The third-order valence-corrected chi connectivity index (χ3v) is 2.96. The highest BCUT2D eigenvalue weighted by atomic mass is 79.9. The van der Waals surface area contributed by atoms with Crippen molar-refractivity contribution >= 4 is 28.1 Å². The topological polar surface area (TPSA) is 63.8 Å². The number of rotatable bonds is 6. The van der Waals surface area contributed by atoms with Crippen LogP contribution in [0, 0.1) is 0 Å². The molecular weight excluding hydrogens is 336 g/mol. The van der Waals surface area contributed by atoms with Crippen molar-refractivity contribution in [3.63, 3.8) is 0 Å². The van der Waals surface area contributed by atoms with E-state index in [2.05, 4.69) is 33.4 Å². The Balaban J connectivity index is 1.87. The molecule has 0 radical (unpaired) electrons. The summed E-state index contributed by atoms with van der Waals surface area (Å²) in [6.45, 7) is 2.75. The number of hydrazone groups is 1. The molecule has 1 aromatic carbocycles. The zero-order valence-corrected chi connectivity index (χ0v) is 13.1. The van der Waals surface area contributed by atoms with Crippen LogP contribution in [-0.2, 0) is 0 Å². The van der Waals surface area contributed by atoms with E-state index in [4.69, 9.17) is 9.15 Å². The molecule has 110 valence electrons. The molecule has 5 nitrogen and oxygen atoms in total. The Bertz CT molecular complexity index is 620. The van der Waals surface area contributed by atoms with Gasteiger partial charge in [0.05, 0.1) is 12.8 Å². The zero-order chi connectivity index (χ0) is 15.1. The van der Waals surface area contributed by atoms with Gasteiger partial charge in [-0.05, 0) is 64.3 Å². The molecule has 1 heterocycles. The third-order valence-electron chi connectivity index (χ3n) is 2.53. The summed E-state index contributed by atoms with van der Waals surface area (Å²) < 4.78 is 11.1. The van der Waals surface area contributed by atoms with Crippen molar-refractivity contribution in [2.75, 3.05) is 6.61 Å². The Kier molecular flexibility index (Phi) is 5.57. The van der Waals surface area contributed by atoms with Gasteiger partial charge in [-0.25, -0.2) is 5.43 Å². The Morgan fingerprint density at radius 1 is 1.33 bits per heavy atom. The lowest BCUT2D eigenvalue weighted by molar-refractivity contribution is 0.0926. The molecule has 2 rings (SSSR count). The lowest BCUT2D eigenvalue weighted by atomic mass is 10.2. The lowest BCUT2D eigenvalue weighted by Crippen LogP contribution is -2.16. The Morgan fingerprint density at radius 3 is 2.71 bits per heavy atom. The Hall–Kier alpha value is -2.08. The van der Waals surface area contributed by atoms with E-state index < -0.39 is 5.91 Å². The van der Waals surface area contributed by atoms with Gasteiger partial charge in [0.1, 0.15) is 5.75 Å². The molecule has 0 aliphatic carbocycles. The first-order valence-corrected chi connectivity index (χ1v) is 7.30. The monoisotopic (exact) mass is 350 g/mol. The van der Waals surface area contributed by atoms with Crippen LogP contribution in [0.4, 0.5) is 0 Å². The van der Waals surface area contributed by atoms with E-state index in [9.17, 15) is 4.79 Å². The van der Waals surface area contributed by atoms with Gasteiger partial charge in [-0.2, -0.15) is 5.10 Å². The minimum atomic E-state index is -0.403. The molecule has 1 amide bonds. The molecule has 0 fully saturated rings. The number of ether oxygens (including phenoxy) is 1. The molecule has 0 saturated carbocycles. The number of hydrogen-bond donors (Lipinski definition) is 1. The number of nitrogens with zero attached hydrogens (tertiary/aromatic N) is 1. The van der Waals surface area contributed by atoms with Crippen LogP contribution in [0.3, 0.4) is 0 Å². The maximum absolute atomic E-state index is 11.7. The van der Waals surface area contributed by atoms with E-state index in [1.807, 2.05) is 24.3 Å². The maximum atomic E-state index is 11.7. The number of halogens is 1. The van der Waals surface area contributed by atoms with Crippen molar-refractivity contribution in [1.29, 1.82) is 0 Å². The van der Waals surface area contributed by atoms with Gasteiger partial charge >= 0.3 is 5.91 Å². The fourth-order valence-corrected chi connectivity index (χ4v) is 1.83. The highest BCUT2D eigenvalue weighted by molar-refractivity contribution is 9.10. The highest BCUT2D eigenvalue weighted by Gasteiger charge is 2.08. The molecular formula is C15H15BrN2O3. The van der Waals surface area contributed by atoms with Crippen LogP contribution < -0.4 is 10.2 Å². The van der Waals surface area contributed by atoms with Crippen molar-refractivity contribution in [3.05, 3.63) is 52.4 Å². The minimum Gasteiger partial charge on any atom is -0.494 e. The molecule has 0 aliphatic heterocycles. The molecule has 0 aliphatic rings. The van der Waals surface area contributed by atoms with E-state index in [1.54, 1.807) is 18.3 Å². The molecule has 1 aromatic heterocycles. The molecule has 0 spiro atoms. The molecule has 6 heteroatoms. The second kappa shape index (κ2) is 7.64. The normalized spacial score (nSPS) is 10.8. The van der Waals surface area contributed by atoms with Crippen molar-refractivity contribution in [3.8, 4) is 5.75 Å². The van der Waals surface area contributed by atoms with E-state index in [0.29, 0.717) is 11.3 Å². The van der Waals surface area contributed by atoms with E-state index in [0.717, 1.165) is 17.7 Å². The first-order valence-electron chi connectivity index (χ1n) is 6.50. The van der Waals surface area contributed by atoms with Crippen LogP contribution >= 0.6 is 15.9 Å². The van der Waals surface area contributed by atoms with Gasteiger partial charge in [0.15, 0.2) is 10.4 Å². The smallest absolute Gasteiger partial charge is 0.307 e. The molecule has 1 N–H and O–H groups in total. The van der Waals surface area contributed by atoms with Crippen molar-refractivity contribution in [1.82, 2.24) is 5.43 Å². The predicted molar refractivity (Wildman–Crippen MR) is 83.7 cm³/mol. The van der Waals surface area contributed by atoms with E-state index in [1.165, 1.54) is 0 Å². The predicted octanol–water partition coefficient (Wildman–Crippen LogP) is 3.59. The molecule has 0 saturated heterocycles. The van der Waals surface area contributed by atoms with Gasteiger partial charge in [0, 0.05) is 0 Å². The Morgan fingerprint density at radius 2 is 2.10 bits per heavy atom. The summed E-state index contributed by atoms with van der Waals surface area (Å²) >= 11 is 3.13. The number of carbonyl (C=O) groups is 1. The first kappa shape index (κ1) is 15.3. The number of amides is 1. The van der Waals surface area contributed by atoms with Crippen LogP contribution in [0.25, 0.3) is 0 Å². The summed E-state index contributed by atoms with van der Waals surface area (Å²) in [5.41, 5.74) is 3.26. The summed E-state index contributed by atoms with van der Waals surface area (Å²) in [5.74, 6) is 0.612. The van der Waals surface area contributed by atoms with Gasteiger partial charge < -0.3 is 9.15 Å². The second-order valence-corrected chi connectivity index (χ2v) is 5.00. The maximum Gasteiger partial charge on any atom is 0.307 e. The van der Waals surface area contributed by atoms with Crippen LogP contribution in [0.15, 0.2) is 50.6 Å². The van der Waals surface area contributed by atoms with Crippen molar-refractivity contribution in [2.24, 2.45) is 5.10 Å². The Labute approximate surface area is 131 Å². The van der Waals surface area contributed by atoms with Crippen LogP contribution in [0.2, 0.25) is 0 Å². The fraction of sp³-hybridized carbons (Fsp3) is 0.200. The van der Waals surface area contributed by atoms with Gasteiger partial charge in [0.2, 0.25) is 0 Å². The summed E-state index contributed by atoms with van der Waals surface area (Å²) in [4.78, 5) is 11.7. The van der Waals surface area contributed by atoms with Crippen molar-refractivity contribution < 1.29 is 13.9 Å². The van der Waals surface area contributed by atoms with Gasteiger partial charge in [0.25, 0.3) is 0 Å². The summed E-state index contributed by atoms with van der Waals surface area (Å²) in [6.07, 6.45) is 2.53. The van der Waals surface area contributed by atoms with E-state index >= 15 is 0 Å². The average molecular weight is 351 g/mol. The van der Waals surface area contributed by atoms with Crippen molar-refractivity contribution in [2.45, 2.75) is 13.3 Å². The number of hydrogen-bond acceptors (Lipinski definition) is 4. The van der Waals surface area contributed by atoms with Gasteiger partial charge in [-0.3, -0.25) is 4.79 Å². The standard InChI is InChI=1S/C15H15BrN2O3/c1-2-9-20-12-5-3-11(4-6-12)10-17-18-15(19)13-7-8-14(16)21-13/h3-8,10H,2,9H2,1H3,(H,18,19). The SMILES string of the molecule is CCCOc1ccc(C=NNC(=O)c2ccc(Br)o2)cc1. The number of benzene rings is 1. The van der Waals surface area contributed by atoms with Gasteiger partial charge in [-0.15, -0.1) is 0 Å². The van der Waals surface area contributed by atoms with Crippen LogP contribution in [-0.4, -0.2) is 18.7 Å².